The van der Waals surface area contributed by atoms with Gasteiger partial charge >= 0.3 is 0 Å². The van der Waals surface area contributed by atoms with Gasteiger partial charge in [-0.15, -0.1) is 0 Å². The average Bonchev–Trinajstić information content (AvgIpc) is 2.23. The maximum absolute atomic E-state index is 10.3. The highest BCUT2D eigenvalue weighted by atomic mass is 35.5. The van der Waals surface area contributed by atoms with Gasteiger partial charge in [-0.1, -0.05) is 36.2 Å². The molecule has 0 heterocycles. The summed E-state index contributed by atoms with van der Waals surface area (Å²) in [6, 6.07) is 5.29. The third kappa shape index (κ3) is 3.63. The van der Waals surface area contributed by atoms with Gasteiger partial charge in [0, 0.05) is 23.6 Å². The second-order valence-corrected chi connectivity index (χ2v) is 4.77. The van der Waals surface area contributed by atoms with Gasteiger partial charge in [0.25, 0.3) is 0 Å². The summed E-state index contributed by atoms with van der Waals surface area (Å²) in [5.41, 5.74) is 0.0131. The third-order valence-corrected chi connectivity index (χ3v) is 3.19. The van der Waals surface area contributed by atoms with Crippen molar-refractivity contribution in [2.24, 2.45) is 0 Å². The number of halogens is 2. The molecular formula is C12H16Cl2O2. The van der Waals surface area contributed by atoms with E-state index >= 15 is 0 Å². The lowest BCUT2D eigenvalue weighted by Gasteiger charge is -2.26. The topological polar surface area (TPSA) is 29.5 Å². The van der Waals surface area contributed by atoms with Gasteiger partial charge in [-0.05, 0) is 24.1 Å². The first-order valence-corrected chi connectivity index (χ1v) is 5.91. The molecule has 1 unspecified atom stereocenters. The van der Waals surface area contributed by atoms with E-state index in [1.165, 1.54) is 0 Å². The summed E-state index contributed by atoms with van der Waals surface area (Å²) in [4.78, 5) is 0. The summed E-state index contributed by atoms with van der Waals surface area (Å²) >= 11 is 11.9. The Hall–Kier alpha value is -0.280. The molecule has 0 aliphatic heterocycles. The van der Waals surface area contributed by atoms with Gasteiger partial charge < -0.3 is 9.84 Å². The number of benzene rings is 1. The molecule has 0 radical (unpaired) electrons. The minimum absolute atomic E-state index is 0.294. The van der Waals surface area contributed by atoms with E-state index in [0.717, 1.165) is 5.56 Å². The van der Waals surface area contributed by atoms with Crippen LogP contribution in [-0.2, 0) is 11.2 Å². The quantitative estimate of drug-likeness (QED) is 0.883. The lowest BCUT2D eigenvalue weighted by molar-refractivity contribution is -0.0333. The maximum Gasteiger partial charge on any atom is 0.0917 e. The molecule has 0 fully saturated rings. The highest BCUT2D eigenvalue weighted by Gasteiger charge is 2.25. The minimum atomic E-state index is -0.869. The van der Waals surface area contributed by atoms with Crippen molar-refractivity contribution >= 4 is 23.2 Å². The normalized spacial score (nSPS) is 14.8. The fraction of sp³-hybridized carbons (Fsp3) is 0.500. The molecule has 0 aromatic heterocycles. The largest absolute Gasteiger partial charge is 0.387 e. The molecule has 0 saturated heterocycles. The Labute approximate surface area is 106 Å². The van der Waals surface area contributed by atoms with Gasteiger partial charge in [-0.25, -0.2) is 0 Å². The van der Waals surface area contributed by atoms with Gasteiger partial charge in [0.05, 0.1) is 12.2 Å². The molecule has 90 valence electrons. The van der Waals surface area contributed by atoms with Crippen LogP contribution in [0.3, 0.4) is 0 Å². The lowest BCUT2D eigenvalue weighted by atomic mass is 9.93. The Kier molecular flexibility index (Phi) is 5.06. The van der Waals surface area contributed by atoms with Crippen LogP contribution in [0.15, 0.2) is 18.2 Å². The summed E-state index contributed by atoms with van der Waals surface area (Å²) in [7, 11) is 1.57. The summed E-state index contributed by atoms with van der Waals surface area (Å²) in [5, 5.41) is 11.4. The van der Waals surface area contributed by atoms with Crippen molar-refractivity contribution < 1.29 is 9.84 Å². The Morgan fingerprint density at radius 3 is 2.56 bits per heavy atom. The zero-order chi connectivity index (χ0) is 12.2. The van der Waals surface area contributed by atoms with E-state index in [-0.39, 0.29) is 0 Å². The van der Waals surface area contributed by atoms with Crippen molar-refractivity contribution in [3.8, 4) is 0 Å². The highest BCUT2D eigenvalue weighted by Crippen LogP contribution is 2.26. The molecule has 0 spiro atoms. The van der Waals surface area contributed by atoms with E-state index in [0.29, 0.717) is 29.5 Å². The molecule has 0 bridgehead atoms. The van der Waals surface area contributed by atoms with Crippen LogP contribution in [0.4, 0.5) is 0 Å². The van der Waals surface area contributed by atoms with Crippen molar-refractivity contribution in [2.75, 3.05) is 13.7 Å². The molecular weight excluding hydrogens is 247 g/mol. The smallest absolute Gasteiger partial charge is 0.0917 e. The molecule has 0 amide bonds. The molecule has 2 nitrogen and oxygen atoms in total. The minimum Gasteiger partial charge on any atom is -0.387 e. The van der Waals surface area contributed by atoms with E-state index < -0.39 is 5.60 Å². The van der Waals surface area contributed by atoms with Gasteiger partial charge in [-0.3, -0.25) is 0 Å². The molecule has 0 aliphatic rings. The zero-order valence-corrected chi connectivity index (χ0v) is 11.0. The fourth-order valence-electron chi connectivity index (χ4n) is 1.57. The van der Waals surface area contributed by atoms with E-state index in [4.69, 9.17) is 27.9 Å². The van der Waals surface area contributed by atoms with Crippen molar-refractivity contribution in [2.45, 2.75) is 25.4 Å². The van der Waals surface area contributed by atoms with Gasteiger partial charge in [0.2, 0.25) is 0 Å². The summed E-state index contributed by atoms with van der Waals surface area (Å²) < 4.78 is 5.01. The number of methoxy groups -OCH3 is 1. The highest BCUT2D eigenvalue weighted by molar-refractivity contribution is 6.35. The lowest BCUT2D eigenvalue weighted by Crippen LogP contribution is -2.35. The van der Waals surface area contributed by atoms with E-state index in [9.17, 15) is 5.11 Å². The molecule has 1 atom stereocenters. The first-order valence-electron chi connectivity index (χ1n) is 5.16. The molecule has 1 aromatic carbocycles. The van der Waals surface area contributed by atoms with Crippen molar-refractivity contribution in [1.29, 1.82) is 0 Å². The number of hydrogen-bond acceptors (Lipinski definition) is 2. The molecule has 0 saturated carbocycles. The standard InChI is InChI=1S/C12H16Cl2O2/c1-3-12(15,8-16-2)7-9-4-5-10(13)6-11(9)14/h4-6,15H,3,7-8H2,1-2H3. The molecule has 0 aliphatic carbocycles. The SMILES string of the molecule is CCC(O)(COC)Cc1ccc(Cl)cc1Cl. The Bertz CT molecular complexity index is 355. The number of hydrogen-bond donors (Lipinski definition) is 1. The monoisotopic (exact) mass is 262 g/mol. The second kappa shape index (κ2) is 5.87. The summed E-state index contributed by atoms with van der Waals surface area (Å²) in [5.74, 6) is 0. The van der Waals surface area contributed by atoms with Gasteiger partial charge in [0.1, 0.15) is 0 Å². The molecule has 1 rings (SSSR count). The maximum atomic E-state index is 10.3. The van der Waals surface area contributed by atoms with E-state index in [1.54, 1.807) is 19.2 Å². The van der Waals surface area contributed by atoms with Crippen molar-refractivity contribution in [3.63, 3.8) is 0 Å². The Balaban J connectivity index is 2.85. The van der Waals surface area contributed by atoms with Gasteiger partial charge in [-0.2, -0.15) is 0 Å². The Morgan fingerprint density at radius 2 is 2.06 bits per heavy atom. The first-order chi connectivity index (χ1) is 7.50. The van der Waals surface area contributed by atoms with Crippen molar-refractivity contribution in [1.82, 2.24) is 0 Å². The number of rotatable bonds is 5. The second-order valence-electron chi connectivity index (χ2n) is 3.92. The van der Waals surface area contributed by atoms with Crippen molar-refractivity contribution in [3.05, 3.63) is 33.8 Å². The van der Waals surface area contributed by atoms with Crippen LogP contribution < -0.4 is 0 Å². The fourth-order valence-corrected chi connectivity index (χ4v) is 2.04. The molecule has 16 heavy (non-hydrogen) atoms. The Morgan fingerprint density at radius 1 is 1.38 bits per heavy atom. The number of ether oxygens (including phenoxy) is 1. The van der Waals surface area contributed by atoms with Crippen LogP contribution in [-0.4, -0.2) is 24.4 Å². The predicted molar refractivity (Wildman–Crippen MR) is 67.3 cm³/mol. The number of aliphatic hydroxyl groups is 1. The zero-order valence-electron chi connectivity index (χ0n) is 9.46. The summed E-state index contributed by atoms with van der Waals surface area (Å²) in [6.07, 6.45) is 1.08. The van der Waals surface area contributed by atoms with Gasteiger partial charge in [0.15, 0.2) is 0 Å². The van der Waals surface area contributed by atoms with Crippen LogP contribution in [0.5, 0.6) is 0 Å². The third-order valence-electron chi connectivity index (χ3n) is 2.61. The molecule has 1 N–H and O–H groups in total. The molecule has 4 heteroatoms. The van der Waals surface area contributed by atoms with E-state index in [1.807, 2.05) is 13.0 Å². The van der Waals surface area contributed by atoms with Crippen LogP contribution in [0.1, 0.15) is 18.9 Å². The predicted octanol–water partition coefficient (Wildman–Crippen LogP) is 3.32. The average molecular weight is 263 g/mol. The van der Waals surface area contributed by atoms with Crippen LogP contribution in [0, 0.1) is 0 Å². The van der Waals surface area contributed by atoms with Crippen LogP contribution in [0.25, 0.3) is 0 Å². The van der Waals surface area contributed by atoms with Crippen LogP contribution >= 0.6 is 23.2 Å². The van der Waals surface area contributed by atoms with E-state index in [2.05, 4.69) is 0 Å². The van der Waals surface area contributed by atoms with Crippen LogP contribution in [0.2, 0.25) is 10.0 Å². The molecule has 1 aromatic rings. The first kappa shape index (κ1) is 13.8. The summed E-state index contributed by atoms with van der Waals surface area (Å²) in [6.45, 7) is 2.21.